The zero-order chi connectivity index (χ0) is 11.8. The van der Waals surface area contributed by atoms with Crippen molar-refractivity contribution >= 4 is 11.6 Å². The van der Waals surface area contributed by atoms with Crippen LogP contribution in [0.15, 0.2) is 24.3 Å². The maximum Gasteiger partial charge on any atom is 0.224 e. The van der Waals surface area contributed by atoms with Gasteiger partial charge >= 0.3 is 0 Å². The summed E-state index contributed by atoms with van der Waals surface area (Å²) in [5.74, 6) is 5.75. The lowest BCUT2D eigenvalue weighted by Crippen LogP contribution is -2.09. The number of hydrogen-bond donors (Lipinski definition) is 2. The number of carbonyl (C=O) groups excluding carboxylic acids is 1. The van der Waals surface area contributed by atoms with Gasteiger partial charge in [-0.25, -0.2) is 0 Å². The molecule has 0 aromatic heterocycles. The summed E-state index contributed by atoms with van der Waals surface area (Å²) in [7, 11) is 0. The summed E-state index contributed by atoms with van der Waals surface area (Å²) in [6.07, 6.45) is 0.951. The van der Waals surface area contributed by atoms with E-state index in [1.54, 1.807) is 0 Å². The number of anilines is 1. The second-order valence-corrected chi connectivity index (χ2v) is 3.25. The van der Waals surface area contributed by atoms with E-state index in [1.165, 1.54) is 0 Å². The van der Waals surface area contributed by atoms with Gasteiger partial charge in [0.25, 0.3) is 0 Å². The average molecular weight is 217 g/mol. The van der Waals surface area contributed by atoms with Crippen LogP contribution in [0.4, 0.5) is 5.69 Å². The zero-order valence-electron chi connectivity index (χ0n) is 9.29. The summed E-state index contributed by atoms with van der Waals surface area (Å²) in [6.45, 7) is 1.89. The molecule has 0 bridgehead atoms. The molecule has 0 saturated carbocycles. The number of carbonyl (C=O) groups is 1. The van der Waals surface area contributed by atoms with E-state index >= 15 is 0 Å². The number of aliphatic hydroxyl groups is 1. The quantitative estimate of drug-likeness (QED) is 0.758. The van der Waals surface area contributed by atoms with E-state index in [-0.39, 0.29) is 12.5 Å². The third-order valence-electron chi connectivity index (χ3n) is 1.96. The van der Waals surface area contributed by atoms with E-state index in [0.717, 1.165) is 11.3 Å². The highest BCUT2D eigenvalue weighted by molar-refractivity contribution is 5.90. The zero-order valence-corrected chi connectivity index (χ0v) is 9.29. The minimum absolute atomic E-state index is 0.000820. The molecule has 0 aliphatic rings. The predicted octanol–water partition coefficient (Wildman–Crippen LogP) is 1.77. The normalized spacial score (nSPS) is 9.12. The predicted molar refractivity (Wildman–Crippen MR) is 63.9 cm³/mol. The Kier molecular flexibility index (Phi) is 5.10. The number of amides is 1. The van der Waals surface area contributed by atoms with Crippen molar-refractivity contribution in [2.45, 2.75) is 19.8 Å². The van der Waals surface area contributed by atoms with E-state index in [2.05, 4.69) is 17.2 Å². The van der Waals surface area contributed by atoms with Gasteiger partial charge in [0.1, 0.15) is 0 Å². The molecule has 0 unspecified atom stereocenters. The molecule has 0 spiro atoms. The maximum atomic E-state index is 11.1. The van der Waals surface area contributed by atoms with Gasteiger partial charge in [-0.1, -0.05) is 18.8 Å². The summed E-state index contributed by atoms with van der Waals surface area (Å²) in [5, 5.41) is 11.3. The molecule has 1 aromatic rings. The Hall–Kier alpha value is -1.79. The van der Waals surface area contributed by atoms with E-state index < -0.39 is 0 Å². The Morgan fingerprint density at radius 2 is 2.06 bits per heavy atom. The summed E-state index contributed by atoms with van der Waals surface area (Å²) < 4.78 is 0. The first-order valence-electron chi connectivity index (χ1n) is 5.26. The molecular weight excluding hydrogens is 202 g/mol. The van der Waals surface area contributed by atoms with Crippen LogP contribution >= 0.6 is 0 Å². The first kappa shape index (κ1) is 12.3. The van der Waals surface area contributed by atoms with Gasteiger partial charge in [0, 0.05) is 24.1 Å². The Bertz CT molecular complexity index is 398. The SMILES string of the molecule is CCC(=O)Nc1ccc(C#CCCO)cc1. The van der Waals surface area contributed by atoms with Crippen molar-refractivity contribution in [3.05, 3.63) is 29.8 Å². The Labute approximate surface area is 95.5 Å². The Balaban J connectivity index is 2.62. The van der Waals surface area contributed by atoms with Gasteiger partial charge in [-0.2, -0.15) is 0 Å². The van der Waals surface area contributed by atoms with Crippen LogP contribution in [0.5, 0.6) is 0 Å². The number of hydrogen-bond acceptors (Lipinski definition) is 2. The van der Waals surface area contributed by atoms with Crippen LogP contribution in [-0.4, -0.2) is 17.6 Å². The number of rotatable bonds is 3. The third kappa shape index (κ3) is 4.16. The van der Waals surface area contributed by atoms with Gasteiger partial charge in [0.15, 0.2) is 0 Å². The van der Waals surface area contributed by atoms with Gasteiger partial charge in [0.2, 0.25) is 5.91 Å². The van der Waals surface area contributed by atoms with E-state index in [1.807, 2.05) is 31.2 Å². The second kappa shape index (κ2) is 6.65. The van der Waals surface area contributed by atoms with Crippen LogP contribution in [0.25, 0.3) is 0 Å². The highest BCUT2D eigenvalue weighted by Gasteiger charge is 1.97. The topological polar surface area (TPSA) is 49.3 Å². The molecule has 1 rings (SSSR count). The summed E-state index contributed by atoms with van der Waals surface area (Å²) in [5.41, 5.74) is 1.66. The van der Waals surface area contributed by atoms with Gasteiger partial charge in [-0.05, 0) is 24.3 Å². The van der Waals surface area contributed by atoms with Crippen molar-refractivity contribution in [1.29, 1.82) is 0 Å². The molecule has 0 aliphatic heterocycles. The Morgan fingerprint density at radius 1 is 1.38 bits per heavy atom. The van der Waals surface area contributed by atoms with Crippen molar-refractivity contribution in [3.8, 4) is 11.8 Å². The smallest absolute Gasteiger partial charge is 0.224 e. The standard InChI is InChI=1S/C13H15NO2/c1-2-13(16)14-12-8-6-11(7-9-12)5-3-4-10-15/h6-9,15H,2,4,10H2,1H3,(H,14,16). The maximum absolute atomic E-state index is 11.1. The highest BCUT2D eigenvalue weighted by atomic mass is 16.2. The molecule has 2 N–H and O–H groups in total. The van der Waals surface area contributed by atoms with Crippen LogP contribution in [0.3, 0.4) is 0 Å². The molecule has 1 amide bonds. The number of benzene rings is 1. The van der Waals surface area contributed by atoms with E-state index in [4.69, 9.17) is 5.11 Å². The first-order chi connectivity index (χ1) is 7.76. The van der Waals surface area contributed by atoms with Gasteiger partial charge in [-0.15, -0.1) is 0 Å². The molecule has 1 aromatic carbocycles. The van der Waals surface area contributed by atoms with E-state index in [9.17, 15) is 4.79 Å². The van der Waals surface area contributed by atoms with Crippen molar-refractivity contribution in [2.75, 3.05) is 11.9 Å². The van der Waals surface area contributed by atoms with Gasteiger partial charge < -0.3 is 10.4 Å². The molecule has 0 saturated heterocycles. The molecule has 3 heteroatoms. The minimum Gasteiger partial charge on any atom is -0.395 e. The van der Waals surface area contributed by atoms with E-state index in [0.29, 0.717) is 12.8 Å². The number of aliphatic hydroxyl groups excluding tert-OH is 1. The molecule has 0 radical (unpaired) electrons. The fourth-order valence-corrected chi connectivity index (χ4v) is 1.11. The monoisotopic (exact) mass is 217 g/mol. The summed E-state index contributed by atoms with van der Waals surface area (Å²) in [4.78, 5) is 11.1. The highest BCUT2D eigenvalue weighted by Crippen LogP contribution is 2.08. The summed E-state index contributed by atoms with van der Waals surface area (Å²) in [6, 6.07) is 7.32. The minimum atomic E-state index is -0.000820. The fourth-order valence-electron chi connectivity index (χ4n) is 1.11. The molecule has 16 heavy (non-hydrogen) atoms. The van der Waals surface area contributed by atoms with Crippen LogP contribution in [0.1, 0.15) is 25.3 Å². The van der Waals surface area contributed by atoms with Crippen LogP contribution in [0, 0.1) is 11.8 Å². The lowest BCUT2D eigenvalue weighted by Gasteiger charge is -2.02. The third-order valence-corrected chi connectivity index (χ3v) is 1.96. The van der Waals surface area contributed by atoms with Gasteiger partial charge in [-0.3, -0.25) is 4.79 Å². The Morgan fingerprint density at radius 3 is 2.62 bits per heavy atom. The first-order valence-corrected chi connectivity index (χ1v) is 5.26. The summed E-state index contributed by atoms with van der Waals surface area (Å²) >= 11 is 0. The van der Waals surface area contributed by atoms with Crippen molar-refractivity contribution in [1.82, 2.24) is 0 Å². The molecule has 0 heterocycles. The molecule has 3 nitrogen and oxygen atoms in total. The molecule has 0 atom stereocenters. The molecule has 84 valence electrons. The van der Waals surface area contributed by atoms with Crippen molar-refractivity contribution < 1.29 is 9.90 Å². The average Bonchev–Trinajstić information content (AvgIpc) is 2.31. The van der Waals surface area contributed by atoms with Crippen LogP contribution < -0.4 is 5.32 Å². The molecular formula is C13H15NO2. The number of nitrogens with one attached hydrogen (secondary N) is 1. The second-order valence-electron chi connectivity index (χ2n) is 3.25. The van der Waals surface area contributed by atoms with Gasteiger partial charge in [0.05, 0.1) is 6.61 Å². The van der Waals surface area contributed by atoms with Crippen LogP contribution in [-0.2, 0) is 4.79 Å². The lowest BCUT2D eigenvalue weighted by atomic mass is 10.2. The van der Waals surface area contributed by atoms with Crippen LogP contribution in [0.2, 0.25) is 0 Å². The lowest BCUT2D eigenvalue weighted by molar-refractivity contribution is -0.115. The fraction of sp³-hybridized carbons (Fsp3) is 0.308. The van der Waals surface area contributed by atoms with Crippen molar-refractivity contribution in [3.63, 3.8) is 0 Å². The largest absolute Gasteiger partial charge is 0.395 e. The molecule has 0 fully saturated rings. The molecule has 0 aliphatic carbocycles. The van der Waals surface area contributed by atoms with Crippen molar-refractivity contribution in [2.24, 2.45) is 0 Å².